The fourth-order valence-corrected chi connectivity index (χ4v) is 2.27. The Morgan fingerprint density at radius 1 is 1.07 bits per heavy atom. The van der Waals surface area contributed by atoms with Gasteiger partial charge in [0, 0.05) is 12.2 Å². The summed E-state index contributed by atoms with van der Waals surface area (Å²) in [5.41, 5.74) is 5.45. The lowest BCUT2D eigenvalue weighted by Gasteiger charge is -2.24. The van der Waals surface area contributed by atoms with Crippen molar-refractivity contribution >= 4 is 42.3 Å². The van der Waals surface area contributed by atoms with Crippen molar-refractivity contribution in [3.8, 4) is 0 Å². The van der Waals surface area contributed by atoms with E-state index >= 15 is 0 Å². The van der Waals surface area contributed by atoms with Crippen LogP contribution in [0.2, 0.25) is 0 Å². The molecule has 0 aliphatic carbocycles. The molecule has 12 heteroatoms. The van der Waals surface area contributed by atoms with Gasteiger partial charge in [0.1, 0.15) is 12.1 Å². The third-order valence-electron chi connectivity index (χ3n) is 4.03. The molecule has 0 spiro atoms. The zero-order valence-corrected chi connectivity index (χ0v) is 16.7. The van der Waals surface area contributed by atoms with Gasteiger partial charge in [-0.1, -0.05) is 20.3 Å². The molecule has 0 radical (unpaired) electrons. The maximum atomic E-state index is 12.4. The van der Waals surface area contributed by atoms with Crippen LogP contribution in [0.1, 0.15) is 33.1 Å². The molecule has 0 saturated carbocycles. The van der Waals surface area contributed by atoms with Gasteiger partial charge in [-0.25, -0.2) is 4.79 Å². The van der Waals surface area contributed by atoms with Crippen LogP contribution in [0.5, 0.6) is 0 Å². The summed E-state index contributed by atoms with van der Waals surface area (Å²) in [7, 11) is 0. The smallest absolute Gasteiger partial charge is 0.326 e. The topological polar surface area (TPSA) is 188 Å². The van der Waals surface area contributed by atoms with Crippen LogP contribution < -0.4 is 21.7 Å². The minimum absolute atomic E-state index is 0.0727. The Balaban J connectivity index is 5.02. The van der Waals surface area contributed by atoms with Gasteiger partial charge >= 0.3 is 11.9 Å². The standard InChI is InChI=1S/C16H28N4O7S/c1-3-8(2)13(16(26)27)20-15(25)10(4-5-12(22)23)19-11(21)6-18-14(24)9(17)7-28/h8-10,13,28H,3-7,17H2,1-2H3,(H,18,24)(H,19,21)(H,20,25)(H,22,23)(H,26,27). The fourth-order valence-electron chi connectivity index (χ4n) is 2.10. The van der Waals surface area contributed by atoms with Gasteiger partial charge in [-0.15, -0.1) is 0 Å². The Morgan fingerprint density at radius 3 is 2.14 bits per heavy atom. The van der Waals surface area contributed by atoms with Crippen molar-refractivity contribution in [3.05, 3.63) is 0 Å². The molecular formula is C16H28N4O7S. The van der Waals surface area contributed by atoms with E-state index in [1.807, 2.05) is 0 Å². The molecule has 4 unspecified atom stereocenters. The van der Waals surface area contributed by atoms with Gasteiger partial charge in [0.2, 0.25) is 17.7 Å². The zero-order valence-electron chi connectivity index (χ0n) is 15.8. The summed E-state index contributed by atoms with van der Waals surface area (Å²) >= 11 is 3.86. The fraction of sp³-hybridized carbons (Fsp3) is 0.688. The molecule has 0 aromatic heterocycles. The summed E-state index contributed by atoms with van der Waals surface area (Å²) in [6.07, 6.45) is -0.180. The van der Waals surface area contributed by atoms with E-state index in [1.54, 1.807) is 13.8 Å². The van der Waals surface area contributed by atoms with Crippen LogP contribution in [0, 0.1) is 5.92 Å². The van der Waals surface area contributed by atoms with Crippen molar-refractivity contribution in [2.45, 2.75) is 51.2 Å². The van der Waals surface area contributed by atoms with Crippen LogP contribution in [0.3, 0.4) is 0 Å². The van der Waals surface area contributed by atoms with Crippen LogP contribution in [-0.2, 0) is 24.0 Å². The summed E-state index contributed by atoms with van der Waals surface area (Å²) in [6, 6.07) is -3.37. The van der Waals surface area contributed by atoms with Crippen molar-refractivity contribution in [2.75, 3.05) is 12.3 Å². The lowest BCUT2D eigenvalue weighted by molar-refractivity contribution is -0.144. The Hall–Kier alpha value is -2.34. The van der Waals surface area contributed by atoms with Crippen LogP contribution in [0.25, 0.3) is 0 Å². The van der Waals surface area contributed by atoms with Crippen LogP contribution >= 0.6 is 12.6 Å². The van der Waals surface area contributed by atoms with E-state index in [0.717, 1.165) is 0 Å². The number of carbonyl (C=O) groups is 5. The van der Waals surface area contributed by atoms with E-state index in [1.165, 1.54) is 0 Å². The molecule has 0 aliphatic heterocycles. The van der Waals surface area contributed by atoms with Crippen molar-refractivity contribution in [1.29, 1.82) is 0 Å². The number of carboxylic acids is 2. The van der Waals surface area contributed by atoms with Gasteiger partial charge in [0.05, 0.1) is 12.6 Å². The molecule has 0 aliphatic rings. The van der Waals surface area contributed by atoms with E-state index in [9.17, 15) is 29.1 Å². The second-order valence-electron chi connectivity index (χ2n) is 6.27. The van der Waals surface area contributed by atoms with Crippen molar-refractivity contribution in [1.82, 2.24) is 16.0 Å². The Kier molecular flexibility index (Phi) is 11.9. The molecule has 0 aromatic rings. The minimum atomic E-state index is -1.27. The van der Waals surface area contributed by atoms with Gasteiger partial charge in [0.25, 0.3) is 0 Å². The summed E-state index contributed by atoms with van der Waals surface area (Å²) in [5.74, 6) is -4.90. The predicted octanol–water partition coefficient (Wildman–Crippen LogP) is -1.68. The number of carboxylic acid groups (broad SMARTS) is 2. The first kappa shape index (κ1) is 25.7. The highest BCUT2D eigenvalue weighted by Crippen LogP contribution is 2.09. The monoisotopic (exact) mass is 420 g/mol. The van der Waals surface area contributed by atoms with Crippen molar-refractivity contribution in [3.63, 3.8) is 0 Å². The molecule has 4 atom stereocenters. The second kappa shape index (κ2) is 12.9. The quantitative estimate of drug-likeness (QED) is 0.172. The number of carbonyl (C=O) groups excluding carboxylic acids is 3. The summed E-state index contributed by atoms with van der Waals surface area (Å²) in [6.45, 7) is 2.92. The van der Waals surface area contributed by atoms with E-state index < -0.39 is 60.8 Å². The SMILES string of the molecule is CCC(C)C(NC(=O)C(CCC(=O)O)NC(=O)CNC(=O)C(N)CS)C(=O)O. The van der Waals surface area contributed by atoms with E-state index in [0.29, 0.717) is 6.42 Å². The van der Waals surface area contributed by atoms with E-state index in [-0.39, 0.29) is 18.1 Å². The normalized spacial score (nSPS) is 14.9. The maximum Gasteiger partial charge on any atom is 0.326 e. The predicted molar refractivity (Wildman–Crippen MR) is 103 cm³/mol. The molecule has 3 amide bonds. The zero-order chi connectivity index (χ0) is 21.9. The number of hydrogen-bond donors (Lipinski definition) is 7. The molecule has 0 bridgehead atoms. The van der Waals surface area contributed by atoms with Crippen molar-refractivity contribution in [2.24, 2.45) is 11.7 Å². The summed E-state index contributed by atoms with van der Waals surface area (Å²) in [5, 5.41) is 25.0. The van der Waals surface area contributed by atoms with Crippen LogP contribution in [0.4, 0.5) is 0 Å². The molecule has 7 N–H and O–H groups in total. The molecule has 0 saturated heterocycles. The first-order chi connectivity index (χ1) is 13.0. The largest absolute Gasteiger partial charge is 0.481 e. The van der Waals surface area contributed by atoms with Gasteiger partial charge in [-0.05, 0) is 12.3 Å². The van der Waals surface area contributed by atoms with Crippen LogP contribution in [0.15, 0.2) is 0 Å². The minimum Gasteiger partial charge on any atom is -0.481 e. The molecule has 160 valence electrons. The number of nitrogens with two attached hydrogens (primary N) is 1. The van der Waals surface area contributed by atoms with Gasteiger partial charge in [-0.3, -0.25) is 19.2 Å². The molecule has 0 fully saturated rings. The Morgan fingerprint density at radius 2 is 1.68 bits per heavy atom. The number of rotatable bonds is 13. The van der Waals surface area contributed by atoms with Gasteiger partial charge in [-0.2, -0.15) is 12.6 Å². The highest BCUT2D eigenvalue weighted by atomic mass is 32.1. The Labute approximate surface area is 168 Å². The summed E-state index contributed by atoms with van der Waals surface area (Å²) in [4.78, 5) is 58.1. The summed E-state index contributed by atoms with van der Waals surface area (Å²) < 4.78 is 0. The average molecular weight is 420 g/mol. The van der Waals surface area contributed by atoms with Crippen molar-refractivity contribution < 1.29 is 34.2 Å². The number of aliphatic carboxylic acids is 2. The molecule has 0 rings (SSSR count). The number of nitrogens with one attached hydrogen (secondary N) is 3. The Bertz CT molecular complexity index is 587. The molecule has 11 nitrogen and oxygen atoms in total. The number of amides is 3. The highest BCUT2D eigenvalue weighted by Gasteiger charge is 2.29. The third-order valence-corrected chi connectivity index (χ3v) is 4.43. The van der Waals surface area contributed by atoms with Gasteiger partial charge < -0.3 is 31.9 Å². The van der Waals surface area contributed by atoms with Gasteiger partial charge in [0.15, 0.2) is 0 Å². The lowest BCUT2D eigenvalue weighted by Crippen LogP contribution is -2.55. The first-order valence-corrected chi connectivity index (χ1v) is 9.35. The maximum absolute atomic E-state index is 12.4. The van der Waals surface area contributed by atoms with E-state index in [4.69, 9.17) is 10.8 Å². The second-order valence-corrected chi connectivity index (χ2v) is 6.63. The molecule has 0 heterocycles. The molecule has 28 heavy (non-hydrogen) atoms. The molecule has 0 aromatic carbocycles. The lowest BCUT2D eigenvalue weighted by atomic mass is 9.98. The molecular weight excluding hydrogens is 392 g/mol. The number of thiol groups is 1. The number of hydrogen-bond acceptors (Lipinski definition) is 7. The third kappa shape index (κ3) is 9.55. The average Bonchev–Trinajstić information content (AvgIpc) is 2.65. The first-order valence-electron chi connectivity index (χ1n) is 8.71. The van der Waals surface area contributed by atoms with E-state index in [2.05, 4.69) is 28.6 Å². The highest BCUT2D eigenvalue weighted by molar-refractivity contribution is 7.80. The van der Waals surface area contributed by atoms with Crippen LogP contribution in [-0.4, -0.2) is 70.3 Å².